The van der Waals surface area contributed by atoms with Crippen LogP contribution in [0.2, 0.25) is 0 Å². The summed E-state index contributed by atoms with van der Waals surface area (Å²) in [4.78, 5) is 11.4. The quantitative estimate of drug-likeness (QED) is 0.738. The van der Waals surface area contributed by atoms with Gasteiger partial charge in [-0.2, -0.15) is 24.4 Å². The van der Waals surface area contributed by atoms with Crippen molar-refractivity contribution in [1.82, 2.24) is 5.32 Å². The number of amides is 1. The molecule has 0 fully saturated rings. The highest BCUT2D eigenvalue weighted by molar-refractivity contribution is 7.98. The Kier molecular flexibility index (Phi) is 7.26. The molecule has 0 saturated heterocycles. The smallest absolute Gasteiger partial charge is 0.407 e. The van der Waals surface area contributed by atoms with Gasteiger partial charge in [0.15, 0.2) is 0 Å². The van der Waals surface area contributed by atoms with E-state index in [1.807, 2.05) is 27.0 Å². The average Bonchev–Trinajstić information content (AvgIpc) is 2.09. The van der Waals surface area contributed by atoms with Crippen LogP contribution in [0.3, 0.4) is 0 Å². The first-order chi connectivity index (χ1) is 6.89. The van der Waals surface area contributed by atoms with Gasteiger partial charge in [-0.25, -0.2) is 4.79 Å². The lowest BCUT2D eigenvalue weighted by atomic mass is 10.2. The zero-order valence-electron chi connectivity index (χ0n) is 9.87. The van der Waals surface area contributed by atoms with Crippen LogP contribution < -0.4 is 5.32 Å². The fourth-order valence-corrected chi connectivity index (χ4v) is 1.74. The Bertz CT molecular complexity index is 192. The SMILES string of the molecule is CSCCC(CS)NC(=O)OC(C)(C)C. The van der Waals surface area contributed by atoms with Crippen LogP contribution in [0.25, 0.3) is 0 Å². The molecule has 0 aromatic carbocycles. The number of hydrogen-bond donors (Lipinski definition) is 2. The topological polar surface area (TPSA) is 38.3 Å². The molecule has 0 aromatic rings. The molecule has 1 unspecified atom stereocenters. The van der Waals surface area contributed by atoms with Crippen molar-refractivity contribution in [3.63, 3.8) is 0 Å². The van der Waals surface area contributed by atoms with Crippen molar-refractivity contribution in [1.29, 1.82) is 0 Å². The predicted octanol–water partition coefficient (Wildman–Crippen LogP) is 2.56. The van der Waals surface area contributed by atoms with Crippen molar-refractivity contribution < 1.29 is 9.53 Å². The van der Waals surface area contributed by atoms with Gasteiger partial charge in [0.05, 0.1) is 0 Å². The van der Waals surface area contributed by atoms with Crippen LogP contribution in [-0.2, 0) is 4.74 Å². The molecule has 0 aliphatic heterocycles. The normalized spacial score (nSPS) is 13.4. The average molecular weight is 251 g/mol. The fraction of sp³-hybridized carbons (Fsp3) is 0.900. The maximum atomic E-state index is 11.4. The second-order valence-corrected chi connectivity index (χ2v) is 5.66. The number of ether oxygens (including phenoxy) is 1. The molecular formula is C10H21NO2S2. The highest BCUT2D eigenvalue weighted by atomic mass is 32.2. The van der Waals surface area contributed by atoms with Crippen LogP contribution in [0.4, 0.5) is 4.79 Å². The van der Waals surface area contributed by atoms with Gasteiger partial charge >= 0.3 is 6.09 Å². The lowest BCUT2D eigenvalue weighted by Gasteiger charge is -2.22. The Morgan fingerprint density at radius 2 is 2.13 bits per heavy atom. The summed E-state index contributed by atoms with van der Waals surface area (Å²) < 4.78 is 5.16. The number of carbonyl (C=O) groups excluding carboxylic acids is 1. The summed E-state index contributed by atoms with van der Waals surface area (Å²) in [6.07, 6.45) is 2.61. The number of thiol groups is 1. The van der Waals surface area contributed by atoms with Crippen molar-refractivity contribution in [2.45, 2.75) is 38.8 Å². The highest BCUT2D eigenvalue weighted by Crippen LogP contribution is 2.08. The summed E-state index contributed by atoms with van der Waals surface area (Å²) >= 11 is 5.95. The van der Waals surface area contributed by atoms with E-state index in [2.05, 4.69) is 17.9 Å². The molecule has 15 heavy (non-hydrogen) atoms. The van der Waals surface area contributed by atoms with Crippen LogP contribution in [0, 0.1) is 0 Å². The van der Waals surface area contributed by atoms with Crippen LogP contribution in [0.5, 0.6) is 0 Å². The van der Waals surface area contributed by atoms with E-state index in [0.29, 0.717) is 5.75 Å². The molecule has 5 heteroatoms. The van der Waals surface area contributed by atoms with Gasteiger partial charge in [-0.3, -0.25) is 0 Å². The number of nitrogens with one attached hydrogen (secondary N) is 1. The molecule has 1 amide bonds. The van der Waals surface area contributed by atoms with E-state index in [1.54, 1.807) is 11.8 Å². The molecule has 0 heterocycles. The van der Waals surface area contributed by atoms with Crippen LogP contribution in [-0.4, -0.2) is 35.5 Å². The first kappa shape index (κ1) is 15.0. The Morgan fingerprint density at radius 3 is 2.53 bits per heavy atom. The van der Waals surface area contributed by atoms with Gasteiger partial charge in [-0.05, 0) is 39.2 Å². The van der Waals surface area contributed by atoms with E-state index in [0.717, 1.165) is 12.2 Å². The number of alkyl carbamates (subject to hydrolysis) is 1. The lowest BCUT2D eigenvalue weighted by Crippen LogP contribution is -2.40. The summed E-state index contributed by atoms with van der Waals surface area (Å²) in [6, 6.07) is 0.0932. The zero-order valence-corrected chi connectivity index (χ0v) is 11.6. The van der Waals surface area contributed by atoms with Gasteiger partial charge in [0.1, 0.15) is 5.60 Å². The molecule has 0 radical (unpaired) electrons. The van der Waals surface area contributed by atoms with Gasteiger partial charge in [0.25, 0.3) is 0 Å². The van der Waals surface area contributed by atoms with Crippen LogP contribution >= 0.6 is 24.4 Å². The summed E-state index contributed by atoms with van der Waals surface area (Å²) in [5.41, 5.74) is -0.440. The highest BCUT2D eigenvalue weighted by Gasteiger charge is 2.18. The second kappa shape index (κ2) is 7.28. The third-order valence-corrected chi connectivity index (χ3v) is 2.70. The van der Waals surface area contributed by atoms with E-state index in [9.17, 15) is 4.79 Å². The molecule has 1 N–H and O–H groups in total. The summed E-state index contributed by atoms with van der Waals surface area (Å²) in [7, 11) is 0. The van der Waals surface area contributed by atoms with Gasteiger partial charge in [0, 0.05) is 11.8 Å². The molecule has 0 aliphatic carbocycles. The molecule has 0 aromatic heterocycles. The molecule has 0 saturated carbocycles. The Hall–Kier alpha value is -0.0300. The number of rotatable bonds is 5. The maximum absolute atomic E-state index is 11.4. The molecule has 0 bridgehead atoms. The van der Waals surface area contributed by atoms with Gasteiger partial charge in [0.2, 0.25) is 0 Å². The van der Waals surface area contributed by atoms with Gasteiger partial charge in [-0.15, -0.1) is 0 Å². The van der Waals surface area contributed by atoms with Crippen molar-refractivity contribution >= 4 is 30.5 Å². The zero-order chi connectivity index (χ0) is 11.9. The molecule has 1 atom stereocenters. The Morgan fingerprint density at radius 1 is 1.53 bits per heavy atom. The van der Waals surface area contributed by atoms with E-state index >= 15 is 0 Å². The van der Waals surface area contributed by atoms with Crippen molar-refractivity contribution in [3.8, 4) is 0 Å². The Balaban J connectivity index is 3.91. The van der Waals surface area contributed by atoms with Crippen molar-refractivity contribution in [2.75, 3.05) is 17.8 Å². The second-order valence-electron chi connectivity index (χ2n) is 4.31. The van der Waals surface area contributed by atoms with E-state index in [4.69, 9.17) is 4.74 Å². The van der Waals surface area contributed by atoms with Gasteiger partial charge < -0.3 is 10.1 Å². The lowest BCUT2D eigenvalue weighted by molar-refractivity contribution is 0.0509. The van der Waals surface area contributed by atoms with Crippen molar-refractivity contribution in [3.05, 3.63) is 0 Å². The van der Waals surface area contributed by atoms with E-state index in [-0.39, 0.29) is 12.1 Å². The fourth-order valence-electron chi connectivity index (χ4n) is 0.943. The van der Waals surface area contributed by atoms with Crippen molar-refractivity contribution in [2.24, 2.45) is 0 Å². The first-order valence-electron chi connectivity index (χ1n) is 4.98. The minimum Gasteiger partial charge on any atom is -0.444 e. The maximum Gasteiger partial charge on any atom is 0.407 e. The first-order valence-corrected chi connectivity index (χ1v) is 7.01. The third-order valence-electron chi connectivity index (χ3n) is 1.61. The predicted molar refractivity (Wildman–Crippen MR) is 70.0 cm³/mol. The Labute approximate surface area is 102 Å². The minimum absolute atomic E-state index is 0.0932. The molecule has 90 valence electrons. The molecule has 0 rings (SSSR count). The monoisotopic (exact) mass is 251 g/mol. The summed E-state index contributed by atoms with van der Waals surface area (Å²) in [6.45, 7) is 5.55. The van der Waals surface area contributed by atoms with Crippen LogP contribution in [0.15, 0.2) is 0 Å². The molecule has 3 nitrogen and oxygen atoms in total. The minimum atomic E-state index is -0.440. The number of hydrogen-bond acceptors (Lipinski definition) is 4. The molecule has 0 spiro atoms. The van der Waals surface area contributed by atoms with Crippen LogP contribution in [0.1, 0.15) is 27.2 Å². The van der Waals surface area contributed by atoms with E-state index in [1.165, 1.54) is 0 Å². The van der Waals surface area contributed by atoms with Gasteiger partial charge in [-0.1, -0.05) is 0 Å². The standard InChI is InChI=1S/C10H21NO2S2/c1-10(2,3)13-9(12)11-8(7-14)5-6-15-4/h8,14H,5-7H2,1-4H3,(H,11,12). The largest absolute Gasteiger partial charge is 0.444 e. The number of thioether (sulfide) groups is 1. The molecular weight excluding hydrogens is 230 g/mol. The molecule has 0 aliphatic rings. The summed E-state index contributed by atoms with van der Waals surface area (Å²) in [5, 5.41) is 2.81. The third kappa shape index (κ3) is 8.93. The number of carbonyl (C=O) groups is 1. The summed E-state index contributed by atoms with van der Waals surface area (Å²) in [5.74, 6) is 1.65. The van der Waals surface area contributed by atoms with E-state index < -0.39 is 5.60 Å².